The zero-order valence-electron chi connectivity index (χ0n) is 13.7. The van der Waals surface area contributed by atoms with E-state index < -0.39 is 0 Å². The first kappa shape index (κ1) is 16.4. The standard InChI is InChI=1S/C17H24N4OS/c1-2-19-10-12-20(13-11-19)8-5-9-21-16(22)14-6-3-4-7-15(14)18-17(21)23/h3-4,6-7H,2,5,8-13H2,1H3,(H,18,23)/p+2. The van der Waals surface area contributed by atoms with Crippen molar-refractivity contribution in [3.05, 3.63) is 39.4 Å². The minimum atomic E-state index is 0.0274. The molecule has 0 aliphatic carbocycles. The van der Waals surface area contributed by atoms with Crippen LogP contribution < -0.4 is 15.4 Å². The number of likely N-dealkylation sites (N-methyl/N-ethyl adjacent to an activating group) is 1. The summed E-state index contributed by atoms with van der Waals surface area (Å²) in [5.41, 5.74) is 0.850. The highest BCUT2D eigenvalue weighted by Crippen LogP contribution is 2.05. The van der Waals surface area contributed by atoms with Crippen molar-refractivity contribution in [1.29, 1.82) is 0 Å². The van der Waals surface area contributed by atoms with Crippen LogP contribution in [0.1, 0.15) is 13.3 Å². The number of H-pyrrole nitrogens is 1. The third-order valence-electron chi connectivity index (χ3n) is 4.97. The Morgan fingerprint density at radius 3 is 2.61 bits per heavy atom. The highest BCUT2D eigenvalue weighted by molar-refractivity contribution is 7.71. The number of piperazine rings is 1. The second kappa shape index (κ2) is 7.38. The molecule has 2 heterocycles. The summed E-state index contributed by atoms with van der Waals surface area (Å²) in [4.78, 5) is 19.1. The lowest BCUT2D eigenvalue weighted by Gasteiger charge is -2.29. The molecule has 1 aromatic heterocycles. The molecule has 0 bridgehead atoms. The van der Waals surface area contributed by atoms with Crippen molar-refractivity contribution in [2.45, 2.75) is 19.9 Å². The fourth-order valence-corrected chi connectivity index (χ4v) is 3.73. The molecular formula is C17H26N4OS+2. The number of rotatable bonds is 5. The number of para-hydroxylation sites is 1. The molecule has 1 fully saturated rings. The molecule has 1 aromatic carbocycles. The molecule has 1 saturated heterocycles. The summed E-state index contributed by atoms with van der Waals surface area (Å²) in [6.45, 7) is 10.3. The van der Waals surface area contributed by atoms with Crippen LogP contribution in [-0.2, 0) is 6.54 Å². The Morgan fingerprint density at radius 1 is 1.17 bits per heavy atom. The van der Waals surface area contributed by atoms with Crippen molar-refractivity contribution in [2.75, 3.05) is 39.3 Å². The van der Waals surface area contributed by atoms with Gasteiger partial charge in [0, 0.05) is 13.0 Å². The van der Waals surface area contributed by atoms with E-state index in [2.05, 4.69) is 11.9 Å². The lowest BCUT2D eigenvalue weighted by Crippen LogP contribution is -3.28. The predicted molar refractivity (Wildman–Crippen MR) is 94.8 cm³/mol. The maximum Gasteiger partial charge on any atom is 0.262 e. The number of quaternary nitrogens is 2. The van der Waals surface area contributed by atoms with E-state index in [4.69, 9.17) is 12.2 Å². The van der Waals surface area contributed by atoms with Gasteiger partial charge in [0.2, 0.25) is 0 Å². The lowest BCUT2D eigenvalue weighted by atomic mass is 10.2. The number of hydrogen-bond donors (Lipinski definition) is 3. The zero-order chi connectivity index (χ0) is 16.2. The predicted octanol–water partition coefficient (Wildman–Crippen LogP) is -0.748. The maximum atomic E-state index is 12.6. The molecule has 23 heavy (non-hydrogen) atoms. The van der Waals surface area contributed by atoms with Gasteiger partial charge in [0.25, 0.3) is 5.56 Å². The minimum Gasteiger partial charge on any atom is -0.332 e. The second-order valence-corrected chi connectivity index (χ2v) is 6.78. The molecule has 0 amide bonds. The first-order chi connectivity index (χ1) is 11.2. The molecule has 2 aromatic rings. The quantitative estimate of drug-likeness (QED) is 0.631. The first-order valence-electron chi connectivity index (χ1n) is 8.58. The van der Waals surface area contributed by atoms with Crippen molar-refractivity contribution in [3.8, 4) is 0 Å². The van der Waals surface area contributed by atoms with Gasteiger partial charge < -0.3 is 14.8 Å². The highest BCUT2D eigenvalue weighted by atomic mass is 32.1. The molecule has 0 radical (unpaired) electrons. The van der Waals surface area contributed by atoms with E-state index in [9.17, 15) is 4.79 Å². The molecule has 1 aliphatic heterocycles. The molecule has 3 rings (SSSR count). The fourth-order valence-electron chi connectivity index (χ4n) is 3.45. The average Bonchev–Trinajstić information content (AvgIpc) is 2.58. The average molecular weight is 334 g/mol. The number of nitrogens with one attached hydrogen (secondary N) is 3. The third-order valence-corrected chi connectivity index (χ3v) is 5.29. The molecular weight excluding hydrogens is 308 g/mol. The minimum absolute atomic E-state index is 0.0274. The molecule has 5 nitrogen and oxygen atoms in total. The van der Waals surface area contributed by atoms with E-state index in [1.165, 1.54) is 32.7 Å². The van der Waals surface area contributed by atoms with Crippen molar-refractivity contribution in [2.24, 2.45) is 0 Å². The molecule has 0 spiro atoms. The molecule has 6 heteroatoms. The Hall–Kier alpha value is -1.50. The SMILES string of the molecule is CC[NH+]1CC[NH+](CCCn2c(=S)[nH]c3ccccc3c2=O)CC1. The maximum absolute atomic E-state index is 12.6. The summed E-state index contributed by atoms with van der Waals surface area (Å²) >= 11 is 5.37. The van der Waals surface area contributed by atoms with Crippen molar-refractivity contribution < 1.29 is 9.80 Å². The number of aromatic amines is 1. The van der Waals surface area contributed by atoms with Crippen LogP contribution in [0.15, 0.2) is 29.1 Å². The van der Waals surface area contributed by atoms with Crippen LogP contribution in [0.3, 0.4) is 0 Å². The summed E-state index contributed by atoms with van der Waals surface area (Å²) < 4.78 is 2.24. The first-order valence-corrected chi connectivity index (χ1v) is 8.99. The Balaban J connectivity index is 1.64. The van der Waals surface area contributed by atoms with Crippen LogP contribution in [0.2, 0.25) is 0 Å². The van der Waals surface area contributed by atoms with Crippen LogP contribution in [-0.4, -0.2) is 48.8 Å². The van der Waals surface area contributed by atoms with E-state index in [-0.39, 0.29) is 5.56 Å². The summed E-state index contributed by atoms with van der Waals surface area (Å²) in [6, 6.07) is 7.57. The van der Waals surface area contributed by atoms with Crippen LogP contribution in [0, 0.1) is 4.77 Å². The Labute approximate surface area is 141 Å². The van der Waals surface area contributed by atoms with Gasteiger partial charge >= 0.3 is 0 Å². The van der Waals surface area contributed by atoms with Crippen LogP contribution in [0.5, 0.6) is 0 Å². The number of aromatic nitrogens is 2. The smallest absolute Gasteiger partial charge is 0.262 e. The zero-order valence-corrected chi connectivity index (χ0v) is 14.5. The van der Waals surface area contributed by atoms with Gasteiger partial charge in [-0.25, -0.2) is 0 Å². The normalized spacial score (nSPS) is 21.6. The van der Waals surface area contributed by atoms with E-state index in [1.807, 2.05) is 24.3 Å². The molecule has 0 unspecified atom stereocenters. The van der Waals surface area contributed by atoms with Gasteiger partial charge in [-0.15, -0.1) is 0 Å². The largest absolute Gasteiger partial charge is 0.332 e. The van der Waals surface area contributed by atoms with Crippen molar-refractivity contribution in [1.82, 2.24) is 9.55 Å². The van der Waals surface area contributed by atoms with E-state index in [1.54, 1.807) is 14.4 Å². The molecule has 1 aliphatic rings. The van der Waals surface area contributed by atoms with Gasteiger partial charge in [0.05, 0.1) is 24.0 Å². The van der Waals surface area contributed by atoms with Gasteiger partial charge in [0.15, 0.2) is 4.77 Å². The van der Waals surface area contributed by atoms with Gasteiger partial charge in [-0.05, 0) is 31.3 Å². The summed E-state index contributed by atoms with van der Waals surface area (Å²) in [6.07, 6.45) is 0.993. The Morgan fingerprint density at radius 2 is 1.87 bits per heavy atom. The molecule has 0 atom stereocenters. The molecule has 0 saturated carbocycles. The van der Waals surface area contributed by atoms with Crippen LogP contribution in [0.4, 0.5) is 0 Å². The van der Waals surface area contributed by atoms with Crippen molar-refractivity contribution >= 4 is 23.1 Å². The van der Waals surface area contributed by atoms with Crippen molar-refractivity contribution in [3.63, 3.8) is 0 Å². The van der Waals surface area contributed by atoms with Gasteiger partial charge in [0.1, 0.15) is 26.2 Å². The van der Waals surface area contributed by atoms with E-state index in [0.29, 0.717) is 16.7 Å². The number of nitrogens with zero attached hydrogens (tertiary/aromatic N) is 1. The molecule has 3 N–H and O–H groups in total. The second-order valence-electron chi connectivity index (χ2n) is 6.39. The topological polar surface area (TPSA) is 46.7 Å². The van der Waals surface area contributed by atoms with Crippen LogP contribution >= 0.6 is 12.2 Å². The third kappa shape index (κ3) is 3.71. The lowest BCUT2D eigenvalue weighted by molar-refractivity contribution is -1.01. The summed E-state index contributed by atoms with van der Waals surface area (Å²) in [7, 11) is 0. The molecule has 124 valence electrons. The monoisotopic (exact) mass is 334 g/mol. The Bertz CT molecular complexity index is 774. The van der Waals surface area contributed by atoms with Gasteiger partial charge in [-0.1, -0.05) is 12.1 Å². The van der Waals surface area contributed by atoms with Crippen LogP contribution in [0.25, 0.3) is 10.9 Å². The number of benzene rings is 1. The van der Waals surface area contributed by atoms with Gasteiger partial charge in [-0.3, -0.25) is 9.36 Å². The highest BCUT2D eigenvalue weighted by Gasteiger charge is 2.20. The van der Waals surface area contributed by atoms with E-state index >= 15 is 0 Å². The fraction of sp³-hybridized carbons (Fsp3) is 0.529. The van der Waals surface area contributed by atoms with E-state index in [0.717, 1.165) is 18.5 Å². The summed E-state index contributed by atoms with van der Waals surface area (Å²) in [5.74, 6) is 0. The Kier molecular flexibility index (Phi) is 5.25. The summed E-state index contributed by atoms with van der Waals surface area (Å²) in [5, 5.41) is 0.716. The van der Waals surface area contributed by atoms with Gasteiger partial charge in [-0.2, -0.15) is 0 Å². The number of fused-ring (bicyclic) bond motifs is 1. The number of hydrogen-bond acceptors (Lipinski definition) is 2.